The number of allylic oxidation sites excluding steroid dienone is 1. The average molecular weight is 203 g/mol. The largest absolute Gasteiger partial charge is 0.264 e. The highest BCUT2D eigenvalue weighted by Gasteiger charge is 2.06. The molecular weight excluding hydrogens is 182 g/mol. The minimum atomic E-state index is 0.447. The number of hydrogen-bond acceptors (Lipinski definition) is 1. The second kappa shape index (κ2) is 6.99. The Bertz CT molecular complexity index is 324. The van der Waals surface area contributed by atoms with E-state index in [0.29, 0.717) is 5.92 Å². The number of hydrogen-bond donors (Lipinski definition) is 0. The predicted octanol–water partition coefficient (Wildman–Crippen LogP) is 4.42. The van der Waals surface area contributed by atoms with Gasteiger partial charge in [0.05, 0.1) is 0 Å². The van der Waals surface area contributed by atoms with Gasteiger partial charge in [-0.15, -0.1) is 0 Å². The number of pyridine rings is 1. The maximum atomic E-state index is 4.09. The van der Waals surface area contributed by atoms with E-state index in [1.54, 1.807) is 6.20 Å². The summed E-state index contributed by atoms with van der Waals surface area (Å²) in [5.41, 5.74) is 3.32. The molecule has 1 heteroatoms. The van der Waals surface area contributed by atoms with Gasteiger partial charge in [0.1, 0.15) is 0 Å². The lowest BCUT2D eigenvalue weighted by atomic mass is 9.95. The molecule has 0 saturated heterocycles. The smallest absolute Gasteiger partial charge is 0.0348 e. The van der Waals surface area contributed by atoms with Gasteiger partial charge in [-0.05, 0) is 23.1 Å². The van der Waals surface area contributed by atoms with Gasteiger partial charge >= 0.3 is 0 Å². The highest BCUT2D eigenvalue weighted by molar-refractivity contribution is 5.72. The molecule has 1 nitrogen and oxygen atoms in total. The lowest BCUT2D eigenvalue weighted by molar-refractivity contribution is 0.856. The van der Waals surface area contributed by atoms with E-state index in [4.69, 9.17) is 0 Å². The molecule has 1 rings (SSSR count). The SMILES string of the molecule is C=Cc1ccncc1C(=C)C(C)C.CC. The molecule has 0 amide bonds. The van der Waals surface area contributed by atoms with E-state index in [2.05, 4.69) is 32.0 Å². The van der Waals surface area contributed by atoms with Crippen molar-refractivity contribution in [1.29, 1.82) is 0 Å². The van der Waals surface area contributed by atoms with Crippen LogP contribution >= 0.6 is 0 Å². The molecule has 0 aliphatic carbocycles. The van der Waals surface area contributed by atoms with E-state index in [-0.39, 0.29) is 0 Å². The van der Waals surface area contributed by atoms with Gasteiger partial charge in [0.25, 0.3) is 0 Å². The molecule has 0 aliphatic rings. The first-order chi connectivity index (χ1) is 7.16. The number of rotatable bonds is 3. The minimum absolute atomic E-state index is 0.447. The van der Waals surface area contributed by atoms with Crippen molar-refractivity contribution in [2.24, 2.45) is 5.92 Å². The van der Waals surface area contributed by atoms with Gasteiger partial charge in [0, 0.05) is 18.0 Å². The van der Waals surface area contributed by atoms with Crippen LogP contribution in [0.2, 0.25) is 0 Å². The van der Waals surface area contributed by atoms with Gasteiger partial charge < -0.3 is 0 Å². The highest BCUT2D eigenvalue weighted by Crippen LogP contribution is 2.23. The molecule has 15 heavy (non-hydrogen) atoms. The molecular formula is C14H21N. The summed E-state index contributed by atoms with van der Waals surface area (Å²) in [6.07, 6.45) is 5.46. The minimum Gasteiger partial charge on any atom is -0.264 e. The van der Waals surface area contributed by atoms with Crippen molar-refractivity contribution in [3.8, 4) is 0 Å². The van der Waals surface area contributed by atoms with Crippen molar-refractivity contribution in [2.75, 3.05) is 0 Å². The molecule has 0 radical (unpaired) electrons. The lowest BCUT2D eigenvalue weighted by Crippen LogP contribution is -1.95. The van der Waals surface area contributed by atoms with E-state index in [0.717, 1.165) is 16.7 Å². The van der Waals surface area contributed by atoms with Crippen LogP contribution in [0.1, 0.15) is 38.8 Å². The van der Waals surface area contributed by atoms with Crippen LogP contribution in [0.15, 0.2) is 31.6 Å². The monoisotopic (exact) mass is 203 g/mol. The van der Waals surface area contributed by atoms with Crippen molar-refractivity contribution in [3.63, 3.8) is 0 Å². The maximum Gasteiger partial charge on any atom is 0.0348 e. The Morgan fingerprint density at radius 1 is 1.40 bits per heavy atom. The molecule has 1 aromatic heterocycles. The molecule has 0 saturated carbocycles. The second-order valence-corrected chi connectivity index (χ2v) is 3.35. The molecule has 0 aliphatic heterocycles. The third-order valence-electron chi connectivity index (χ3n) is 2.12. The third-order valence-corrected chi connectivity index (χ3v) is 2.12. The van der Waals surface area contributed by atoms with Crippen LogP contribution in [-0.4, -0.2) is 4.98 Å². The summed E-state index contributed by atoms with van der Waals surface area (Å²) in [5, 5.41) is 0. The zero-order valence-corrected chi connectivity index (χ0v) is 10.2. The fraction of sp³-hybridized carbons (Fsp3) is 0.357. The van der Waals surface area contributed by atoms with Crippen molar-refractivity contribution >= 4 is 11.6 Å². The van der Waals surface area contributed by atoms with Gasteiger partial charge in [-0.2, -0.15) is 0 Å². The van der Waals surface area contributed by atoms with E-state index in [1.807, 2.05) is 32.2 Å². The predicted molar refractivity (Wildman–Crippen MR) is 69.5 cm³/mol. The maximum absolute atomic E-state index is 4.09. The van der Waals surface area contributed by atoms with E-state index in [1.165, 1.54) is 0 Å². The molecule has 0 N–H and O–H groups in total. The summed E-state index contributed by atoms with van der Waals surface area (Å²) in [5.74, 6) is 0.447. The summed E-state index contributed by atoms with van der Waals surface area (Å²) in [6.45, 7) is 16.1. The quantitative estimate of drug-likeness (QED) is 0.708. The Morgan fingerprint density at radius 2 is 2.00 bits per heavy atom. The standard InChI is InChI=1S/C12H15N.C2H6/c1-5-11-6-7-13-8-12(11)10(4)9(2)3;1-2/h5-9H,1,4H2,2-3H3;1-2H3. The van der Waals surface area contributed by atoms with Gasteiger partial charge in [-0.1, -0.05) is 46.9 Å². The Balaban J connectivity index is 0.000000921. The van der Waals surface area contributed by atoms with Crippen molar-refractivity contribution < 1.29 is 0 Å². The summed E-state index contributed by atoms with van der Waals surface area (Å²) < 4.78 is 0. The van der Waals surface area contributed by atoms with Gasteiger partial charge in [0.15, 0.2) is 0 Å². The zero-order chi connectivity index (χ0) is 11.8. The first-order valence-corrected chi connectivity index (χ1v) is 5.42. The number of nitrogens with zero attached hydrogens (tertiary/aromatic N) is 1. The Hall–Kier alpha value is -1.37. The van der Waals surface area contributed by atoms with Crippen LogP contribution in [0.5, 0.6) is 0 Å². The second-order valence-electron chi connectivity index (χ2n) is 3.35. The molecule has 0 bridgehead atoms. The van der Waals surface area contributed by atoms with Crippen LogP contribution in [0.4, 0.5) is 0 Å². The van der Waals surface area contributed by atoms with Crippen molar-refractivity contribution in [3.05, 3.63) is 42.7 Å². The Labute approximate surface area is 93.6 Å². The van der Waals surface area contributed by atoms with Gasteiger partial charge in [-0.25, -0.2) is 0 Å². The van der Waals surface area contributed by atoms with Crippen molar-refractivity contribution in [1.82, 2.24) is 4.98 Å². The van der Waals surface area contributed by atoms with Crippen LogP contribution in [-0.2, 0) is 0 Å². The van der Waals surface area contributed by atoms with E-state index >= 15 is 0 Å². The molecule has 1 aromatic rings. The first kappa shape index (κ1) is 13.6. The van der Waals surface area contributed by atoms with Gasteiger partial charge in [-0.3, -0.25) is 4.98 Å². The highest BCUT2D eigenvalue weighted by atomic mass is 14.6. The van der Waals surface area contributed by atoms with Crippen LogP contribution < -0.4 is 0 Å². The summed E-state index contributed by atoms with van der Waals surface area (Å²) in [4.78, 5) is 4.09. The topological polar surface area (TPSA) is 12.9 Å². The third kappa shape index (κ3) is 3.70. The normalized spacial score (nSPS) is 9.13. The average Bonchev–Trinajstić information content (AvgIpc) is 2.30. The first-order valence-electron chi connectivity index (χ1n) is 5.42. The molecule has 0 aromatic carbocycles. The van der Waals surface area contributed by atoms with Crippen LogP contribution in [0.3, 0.4) is 0 Å². The summed E-state index contributed by atoms with van der Waals surface area (Å²) in [7, 11) is 0. The van der Waals surface area contributed by atoms with Crippen LogP contribution in [0.25, 0.3) is 11.6 Å². The Kier molecular flexibility index (Phi) is 6.35. The van der Waals surface area contributed by atoms with Crippen molar-refractivity contribution in [2.45, 2.75) is 27.7 Å². The molecule has 0 unspecified atom stereocenters. The van der Waals surface area contributed by atoms with Crippen LogP contribution in [0, 0.1) is 5.92 Å². The Morgan fingerprint density at radius 3 is 2.47 bits per heavy atom. The fourth-order valence-corrected chi connectivity index (χ4v) is 1.16. The number of aromatic nitrogens is 1. The molecule has 1 heterocycles. The zero-order valence-electron chi connectivity index (χ0n) is 10.2. The molecule has 82 valence electrons. The van der Waals surface area contributed by atoms with E-state index < -0.39 is 0 Å². The molecule has 0 atom stereocenters. The van der Waals surface area contributed by atoms with E-state index in [9.17, 15) is 0 Å². The van der Waals surface area contributed by atoms with Gasteiger partial charge in [0.2, 0.25) is 0 Å². The molecule has 0 spiro atoms. The summed E-state index contributed by atoms with van der Waals surface area (Å²) >= 11 is 0. The lowest BCUT2D eigenvalue weighted by Gasteiger charge is -2.11. The summed E-state index contributed by atoms with van der Waals surface area (Å²) in [6, 6.07) is 1.95. The molecule has 0 fully saturated rings. The fourth-order valence-electron chi connectivity index (χ4n) is 1.16.